The van der Waals surface area contributed by atoms with E-state index in [9.17, 15) is 4.79 Å². The summed E-state index contributed by atoms with van der Waals surface area (Å²) in [5.41, 5.74) is 6.56. The summed E-state index contributed by atoms with van der Waals surface area (Å²) in [6.07, 6.45) is 0.0660. The Hall–Kier alpha value is -1.43. The van der Waals surface area contributed by atoms with Gasteiger partial charge in [-0.1, -0.05) is 30.3 Å². The van der Waals surface area contributed by atoms with Crippen molar-refractivity contribution in [3.05, 3.63) is 35.9 Å². The van der Waals surface area contributed by atoms with E-state index in [1.54, 1.807) is 7.11 Å². The van der Waals surface area contributed by atoms with Crippen molar-refractivity contribution in [2.45, 2.75) is 19.1 Å². The number of nitrogens with two attached hydrogens (primary N) is 1. The maximum Gasteiger partial charge on any atom is 0.222 e. The number of hydrogen-bond donors (Lipinski definition) is 2. The zero-order valence-corrected chi connectivity index (χ0v) is 11.3. The molecule has 0 saturated carbocycles. The predicted octanol–water partition coefficient (Wildman–Crippen LogP) is 0.683. The molecule has 1 aromatic carbocycles. The van der Waals surface area contributed by atoms with Gasteiger partial charge in [-0.25, -0.2) is 0 Å². The molecule has 1 amide bonds. The van der Waals surface area contributed by atoms with Gasteiger partial charge in [-0.05, 0) is 5.56 Å². The van der Waals surface area contributed by atoms with Crippen LogP contribution in [0.25, 0.3) is 0 Å². The molecule has 0 spiro atoms. The maximum atomic E-state index is 11.5. The number of benzene rings is 1. The van der Waals surface area contributed by atoms with Gasteiger partial charge < -0.3 is 20.5 Å². The highest BCUT2D eigenvalue weighted by Crippen LogP contribution is 1.99. The number of amides is 1. The molecule has 0 heterocycles. The molecule has 106 valence electrons. The summed E-state index contributed by atoms with van der Waals surface area (Å²) < 4.78 is 10.5. The van der Waals surface area contributed by atoms with E-state index in [-0.39, 0.29) is 18.4 Å². The van der Waals surface area contributed by atoms with Crippen LogP contribution in [0.1, 0.15) is 12.0 Å². The first-order valence-electron chi connectivity index (χ1n) is 6.37. The molecule has 0 saturated heterocycles. The van der Waals surface area contributed by atoms with Crippen molar-refractivity contribution in [3.8, 4) is 0 Å². The van der Waals surface area contributed by atoms with Crippen molar-refractivity contribution in [2.75, 3.05) is 26.8 Å². The quantitative estimate of drug-likeness (QED) is 0.645. The summed E-state index contributed by atoms with van der Waals surface area (Å²) in [5.74, 6) is -0.0689. The summed E-state index contributed by atoms with van der Waals surface area (Å²) >= 11 is 0. The largest absolute Gasteiger partial charge is 0.380 e. The van der Waals surface area contributed by atoms with Gasteiger partial charge in [-0.15, -0.1) is 0 Å². The first-order valence-corrected chi connectivity index (χ1v) is 6.37. The van der Waals surface area contributed by atoms with Crippen LogP contribution in [-0.2, 0) is 20.9 Å². The van der Waals surface area contributed by atoms with Crippen molar-refractivity contribution < 1.29 is 14.3 Å². The van der Waals surface area contributed by atoms with Crippen LogP contribution in [0.4, 0.5) is 0 Å². The van der Waals surface area contributed by atoms with Gasteiger partial charge in [0.25, 0.3) is 0 Å². The number of nitrogens with one attached hydrogen (secondary N) is 1. The Morgan fingerprint density at radius 1 is 1.37 bits per heavy atom. The molecule has 1 unspecified atom stereocenters. The van der Waals surface area contributed by atoms with Gasteiger partial charge in [-0.2, -0.15) is 0 Å². The van der Waals surface area contributed by atoms with Crippen LogP contribution in [0.3, 0.4) is 0 Å². The number of hydrogen-bond acceptors (Lipinski definition) is 4. The summed E-state index contributed by atoms with van der Waals surface area (Å²) in [4.78, 5) is 11.5. The molecule has 0 aromatic heterocycles. The second kappa shape index (κ2) is 9.49. The molecule has 0 bridgehead atoms. The fourth-order valence-electron chi connectivity index (χ4n) is 1.57. The summed E-state index contributed by atoms with van der Waals surface area (Å²) in [6, 6.07) is 9.91. The lowest BCUT2D eigenvalue weighted by atomic mass is 10.2. The molecule has 1 atom stereocenters. The maximum absolute atomic E-state index is 11.5. The van der Waals surface area contributed by atoms with Crippen LogP contribution >= 0.6 is 0 Å². The Morgan fingerprint density at radius 3 is 2.74 bits per heavy atom. The lowest BCUT2D eigenvalue weighted by Gasteiger charge is -2.12. The molecule has 1 aromatic rings. The normalized spacial score (nSPS) is 12.1. The van der Waals surface area contributed by atoms with E-state index in [0.29, 0.717) is 26.3 Å². The number of rotatable bonds is 9. The SMILES string of the molecule is COC(CN)CC(=O)NCCOCc1ccccc1. The van der Waals surface area contributed by atoms with Crippen molar-refractivity contribution in [1.82, 2.24) is 5.32 Å². The Bertz CT molecular complexity index is 353. The average Bonchev–Trinajstić information content (AvgIpc) is 2.45. The third-order valence-corrected chi connectivity index (χ3v) is 2.69. The molecule has 0 aliphatic carbocycles. The van der Waals surface area contributed by atoms with Crippen molar-refractivity contribution >= 4 is 5.91 Å². The molecule has 0 aliphatic heterocycles. The Kier molecular flexibility index (Phi) is 7.81. The monoisotopic (exact) mass is 266 g/mol. The molecule has 0 radical (unpaired) electrons. The highest BCUT2D eigenvalue weighted by Gasteiger charge is 2.10. The van der Waals surface area contributed by atoms with E-state index in [4.69, 9.17) is 15.2 Å². The van der Waals surface area contributed by atoms with Crippen molar-refractivity contribution in [3.63, 3.8) is 0 Å². The number of methoxy groups -OCH3 is 1. The molecule has 1 rings (SSSR count). The van der Waals surface area contributed by atoms with Gasteiger partial charge in [0.05, 0.1) is 25.7 Å². The summed E-state index contributed by atoms with van der Waals surface area (Å²) in [5, 5.41) is 2.77. The van der Waals surface area contributed by atoms with Gasteiger partial charge in [0, 0.05) is 20.2 Å². The molecule has 5 heteroatoms. The van der Waals surface area contributed by atoms with Crippen LogP contribution in [-0.4, -0.2) is 38.8 Å². The molecular weight excluding hydrogens is 244 g/mol. The van der Waals surface area contributed by atoms with Gasteiger partial charge >= 0.3 is 0 Å². The fraction of sp³-hybridized carbons (Fsp3) is 0.500. The van der Waals surface area contributed by atoms with E-state index >= 15 is 0 Å². The predicted molar refractivity (Wildman–Crippen MR) is 73.6 cm³/mol. The first kappa shape index (κ1) is 15.6. The molecule has 19 heavy (non-hydrogen) atoms. The molecule has 5 nitrogen and oxygen atoms in total. The second-order valence-corrected chi connectivity index (χ2v) is 4.19. The lowest BCUT2D eigenvalue weighted by molar-refractivity contribution is -0.123. The topological polar surface area (TPSA) is 73.6 Å². The van der Waals surface area contributed by atoms with Gasteiger partial charge in [-0.3, -0.25) is 4.79 Å². The smallest absolute Gasteiger partial charge is 0.222 e. The Labute approximate surface area is 114 Å². The van der Waals surface area contributed by atoms with E-state index in [1.807, 2.05) is 30.3 Å². The fourth-order valence-corrected chi connectivity index (χ4v) is 1.57. The first-order chi connectivity index (χ1) is 9.26. The molecule has 0 aliphatic rings. The third kappa shape index (κ3) is 6.91. The van der Waals surface area contributed by atoms with Crippen LogP contribution in [0, 0.1) is 0 Å². The van der Waals surface area contributed by atoms with E-state index in [0.717, 1.165) is 5.56 Å². The molecule has 3 N–H and O–H groups in total. The highest BCUT2D eigenvalue weighted by atomic mass is 16.5. The standard InChI is InChI=1S/C14H22N2O3/c1-18-13(10-15)9-14(17)16-7-8-19-11-12-5-3-2-4-6-12/h2-6,13H,7-11,15H2,1H3,(H,16,17). The Balaban J connectivity index is 2.06. The average molecular weight is 266 g/mol. The van der Waals surface area contributed by atoms with E-state index < -0.39 is 0 Å². The summed E-state index contributed by atoms with van der Waals surface area (Å²) in [6.45, 7) is 1.88. The van der Waals surface area contributed by atoms with E-state index in [2.05, 4.69) is 5.32 Å². The van der Waals surface area contributed by atoms with Crippen molar-refractivity contribution in [2.24, 2.45) is 5.73 Å². The zero-order chi connectivity index (χ0) is 13.9. The van der Waals surface area contributed by atoms with Crippen LogP contribution in [0.5, 0.6) is 0 Å². The van der Waals surface area contributed by atoms with E-state index in [1.165, 1.54) is 0 Å². The van der Waals surface area contributed by atoms with Crippen LogP contribution < -0.4 is 11.1 Å². The number of carbonyl (C=O) groups is 1. The highest BCUT2D eigenvalue weighted by molar-refractivity contribution is 5.76. The van der Waals surface area contributed by atoms with Crippen molar-refractivity contribution in [1.29, 1.82) is 0 Å². The number of carbonyl (C=O) groups excluding carboxylic acids is 1. The Morgan fingerprint density at radius 2 is 2.11 bits per heavy atom. The molecular formula is C14H22N2O3. The zero-order valence-electron chi connectivity index (χ0n) is 11.3. The number of ether oxygens (including phenoxy) is 2. The van der Waals surface area contributed by atoms with Crippen LogP contribution in [0.2, 0.25) is 0 Å². The third-order valence-electron chi connectivity index (χ3n) is 2.69. The minimum atomic E-state index is -0.217. The lowest BCUT2D eigenvalue weighted by Crippen LogP contribution is -2.33. The molecule has 0 fully saturated rings. The minimum Gasteiger partial charge on any atom is -0.380 e. The summed E-state index contributed by atoms with van der Waals surface area (Å²) in [7, 11) is 1.55. The minimum absolute atomic E-state index is 0.0689. The van der Waals surface area contributed by atoms with Gasteiger partial charge in [0.1, 0.15) is 0 Å². The second-order valence-electron chi connectivity index (χ2n) is 4.19. The van der Waals surface area contributed by atoms with Crippen LogP contribution in [0.15, 0.2) is 30.3 Å². The van der Waals surface area contributed by atoms with Gasteiger partial charge in [0.2, 0.25) is 5.91 Å². The van der Waals surface area contributed by atoms with Gasteiger partial charge in [0.15, 0.2) is 0 Å².